The second-order valence-electron chi connectivity index (χ2n) is 3.69. The molecule has 1 radical (unpaired) electrons. The van der Waals surface area contributed by atoms with Crippen molar-refractivity contribution < 1.29 is 14.6 Å². The van der Waals surface area contributed by atoms with Crippen molar-refractivity contribution in [1.29, 1.82) is 0 Å². The van der Waals surface area contributed by atoms with Crippen molar-refractivity contribution in [3.8, 4) is 0 Å². The monoisotopic (exact) mass is 267 g/mol. The van der Waals surface area contributed by atoms with E-state index in [1.165, 1.54) is 5.56 Å². The fourth-order valence-corrected chi connectivity index (χ4v) is 2.23. The van der Waals surface area contributed by atoms with Gasteiger partial charge in [-0.3, -0.25) is 0 Å². The van der Waals surface area contributed by atoms with E-state index in [1.54, 1.807) is 0 Å². The van der Waals surface area contributed by atoms with Crippen LogP contribution >= 0.6 is 15.9 Å². The molecule has 0 aromatic heterocycles. The molecule has 0 heterocycles. The first kappa shape index (κ1) is 11.2. The number of halogens is 1. The molecule has 0 aliphatic heterocycles. The largest absolute Gasteiger partial charge is 0.470 e. The molecule has 1 aromatic rings. The van der Waals surface area contributed by atoms with Gasteiger partial charge in [0.1, 0.15) is 0 Å². The molecule has 2 unspecified atom stereocenters. The summed E-state index contributed by atoms with van der Waals surface area (Å²) in [6.07, 6.45) is 0.894. The van der Waals surface area contributed by atoms with Crippen LogP contribution in [0, 0.1) is 0 Å². The lowest BCUT2D eigenvalue weighted by atomic mass is 9.79. The maximum atomic E-state index is 9.46. The lowest BCUT2D eigenvalue weighted by molar-refractivity contribution is 0.376. The molecular weight excluding hydrogens is 258 g/mol. The molecule has 2 N–H and O–H groups in total. The quantitative estimate of drug-likeness (QED) is 0.810. The van der Waals surface area contributed by atoms with Gasteiger partial charge in [0.05, 0.1) is 0 Å². The average molecular weight is 268 g/mol. The molecule has 2 atom stereocenters. The molecule has 0 spiro atoms. The van der Waals surface area contributed by atoms with Crippen LogP contribution in [0.1, 0.15) is 17.9 Å². The van der Waals surface area contributed by atoms with E-state index in [-0.39, 0.29) is 5.82 Å². The molecule has 0 amide bonds. The van der Waals surface area contributed by atoms with E-state index in [1.807, 2.05) is 24.3 Å². The highest BCUT2D eigenvalue weighted by molar-refractivity contribution is 9.10. The molecule has 15 heavy (non-hydrogen) atoms. The van der Waals surface area contributed by atoms with Crippen molar-refractivity contribution in [3.05, 3.63) is 34.3 Å². The van der Waals surface area contributed by atoms with Crippen LogP contribution in [0.15, 0.2) is 28.7 Å². The van der Waals surface area contributed by atoms with Gasteiger partial charge in [-0.1, -0.05) is 28.1 Å². The number of hydrogen-bond acceptors (Lipinski definition) is 3. The van der Waals surface area contributed by atoms with Crippen LogP contribution in [0.2, 0.25) is 5.82 Å². The van der Waals surface area contributed by atoms with Gasteiger partial charge in [0.15, 0.2) is 0 Å². The number of rotatable bonds is 4. The molecule has 0 saturated heterocycles. The van der Waals surface area contributed by atoms with E-state index >= 15 is 0 Å². The Labute approximate surface area is 98.0 Å². The van der Waals surface area contributed by atoms with Crippen molar-refractivity contribution >= 4 is 30.7 Å². The molecule has 1 aromatic carbocycles. The fraction of sp³-hybridized carbons (Fsp3) is 0.333. The van der Waals surface area contributed by atoms with E-state index in [2.05, 4.69) is 20.5 Å². The third-order valence-corrected chi connectivity index (χ3v) is 3.18. The lowest BCUT2D eigenvalue weighted by Crippen LogP contribution is -2.21. The normalized spacial score (nSPS) is 23.7. The first-order chi connectivity index (χ1) is 7.22. The summed E-state index contributed by atoms with van der Waals surface area (Å²) in [6, 6.07) is 8.01. The highest BCUT2D eigenvalue weighted by Crippen LogP contribution is 2.54. The second-order valence-corrected chi connectivity index (χ2v) is 4.61. The Kier molecular flexibility index (Phi) is 3.51. The van der Waals surface area contributed by atoms with E-state index < -0.39 is 7.12 Å². The molecule has 0 bridgehead atoms. The van der Waals surface area contributed by atoms with Crippen LogP contribution in [0.3, 0.4) is 0 Å². The van der Waals surface area contributed by atoms with E-state index in [0.29, 0.717) is 13.6 Å². The van der Waals surface area contributed by atoms with Crippen molar-refractivity contribution in [3.63, 3.8) is 0 Å². The van der Waals surface area contributed by atoms with Gasteiger partial charge in [0, 0.05) is 10.3 Å². The Bertz CT molecular complexity index is 350. The maximum Gasteiger partial charge on any atom is 0.470 e. The van der Waals surface area contributed by atoms with Crippen LogP contribution in [-0.4, -0.2) is 24.9 Å². The molecule has 1 saturated carbocycles. The Morgan fingerprint density at radius 2 is 2.33 bits per heavy atom. The molecular formula is C9H10B2BrO3. The first-order valence-corrected chi connectivity index (χ1v) is 5.56. The van der Waals surface area contributed by atoms with Crippen LogP contribution in [0.4, 0.5) is 0 Å². The third-order valence-electron chi connectivity index (χ3n) is 2.68. The van der Waals surface area contributed by atoms with Gasteiger partial charge in [0.25, 0.3) is 0 Å². The highest BCUT2D eigenvalue weighted by Gasteiger charge is 2.47. The third kappa shape index (κ3) is 2.64. The predicted octanol–water partition coefficient (Wildman–Crippen LogP) is 1.33. The van der Waals surface area contributed by atoms with Crippen molar-refractivity contribution in [2.45, 2.75) is 18.2 Å². The minimum Gasteiger partial charge on any atom is -0.453 e. The Morgan fingerprint density at radius 3 is 3.00 bits per heavy atom. The predicted molar refractivity (Wildman–Crippen MR) is 62.3 cm³/mol. The first-order valence-electron chi connectivity index (χ1n) is 4.77. The Balaban J connectivity index is 1.98. The van der Waals surface area contributed by atoms with Crippen molar-refractivity contribution in [1.82, 2.24) is 0 Å². The summed E-state index contributed by atoms with van der Waals surface area (Å²) in [7, 11) is -0.361. The number of benzene rings is 1. The standard InChI is InChI=1S/C9H10B2BrO3/c12-7-3-1-2-6(4-7)8-5-9(8)11(14)15-10-13/h1-4,8-9,13-14H,5H2. The zero-order valence-electron chi connectivity index (χ0n) is 8.01. The van der Waals surface area contributed by atoms with Crippen molar-refractivity contribution in [2.75, 3.05) is 0 Å². The zero-order valence-corrected chi connectivity index (χ0v) is 9.59. The van der Waals surface area contributed by atoms with Gasteiger partial charge in [-0.25, -0.2) is 0 Å². The summed E-state index contributed by atoms with van der Waals surface area (Å²) in [6.45, 7) is 0. The van der Waals surface area contributed by atoms with Crippen LogP contribution in [0.25, 0.3) is 0 Å². The molecule has 1 aliphatic carbocycles. The Morgan fingerprint density at radius 1 is 1.53 bits per heavy atom. The van der Waals surface area contributed by atoms with Gasteiger partial charge in [0.2, 0.25) is 0 Å². The zero-order chi connectivity index (χ0) is 10.8. The SMILES string of the molecule is O[B]OB(O)C1CC1c1cccc(Br)c1. The summed E-state index contributed by atoms with van der Waals surface area (Å²) in [5, 5.41) is 17.9. The van der Waals surface area contributed by atoms with Crippen LogP contribution in [0.5, 0.6) is 0 Å². The van der Waals surface area contributed by atoms with Gasteiger partial charge in [-0.15, -0.1) is 0 Å². The summed E-state index contributed by atoms with van der Waals surface area (Å²) < 4.78 is 5.66. The summed E-state index contributed by atoms with van der Waals surface area (Å²) >= 11 is 3.41. The highest BCUT2D eigenvalue weighted by atomic mass is 79.9. The molecule has 2 rings (SSSR count). The van der Waals surface area contributed by atoms with E-state index in [4.69, 9.17) is 5.02 Å². The maximum absolute atomic E-state index is 9.46. The van der Waals surface area contributed by atoms with Gasteiger partial charge in [-0.2, -0.15) is 0 Å². The second kappa shape index (κ2) is 4.70. The van der Waals surface area contributed by atoms with Gasteiger partial charge >= 0.3 is 14.8 Å². The average Bonchev–Trinajstić information content (AvgIpc) is 2.97. The summed E-state index contributed by atoms with van der Waals surface area (Å²) in [5.41, 5.74) is 1.19. The van der Waals surface area contributed by atoms with E-state index in [9.17, 15) is 5.02 Å². The van der Waals surface area contributed by atoms with E-state index in [0.717, 1.165) is 10.9 Å². The van der Waals surface area contributed by atoms with Crippen LogP contribution < -0.4 is 0 Å². The van der Waals surface area contributed by atoms with Crippen molar-refractivity contribution in [2.24, 2.45) is 0 Å². The number of hydrogen-bond donors (Lipinski definition) is 2. The fourth-order valence-electron chi connectivity index (χ4n) is 1.81. The smallest absolute Gasteiger partial charge is 0.453 e. The molecule has 77 valence electrons. The minimum atomic E-state index is -0.904. The minimum absolute atomic E-state index is 0.0858. The van der Waals surface area contributed by atoms with Gasteiger partial charge < -0.3 is 14.6 Å². The summed E-state index contributed by atoms with van der Waals surface area (Å²) in [4.78, 5) is 0. The lowest BCUT2D eigenvalue weighted by Gasteiger charge is -2.04. The molecule has 3 nitrogen and oxygen atoms in total. The van der Waals surface area contributed by atoms with Crippen LogP contribution in [-0.2, 0) is 4.57 Å². The summed E-state index contributed by atoms with van der Waals surface area (Å²) in [5.74, 6) is 0.417. The van der Waals surface area contributed by atoms with Gasteiger partial charge in [-0.05, 0) is 30.0 Å². The molecule has 6 heteroatoms. The molecule has 1 fully saturated rings. The Hall–Kier alpha value is -0.290. The topological polar surface area (TPSA) is 49.7 Å². The molecule has 1 aliphatic rings.